The summed E-state index contributed by atoms with van der Waals surface area (Å²) in [7, 11) is -3.50. The van der Waals surface area contributed by atoms with Crippen LogP contribution in [0.25, 0.3) is 0 Å². The van der Waals surface area contributed by atoms with Crippen molar-refractivity contribution in [1.29, 1.82) is 0 Å². The highest BCUT2D eigenvalue weighted by molar-refractivity contribution is 7.89. The van der Waals surface area contributed by atoms with Crippen LogP contribution in [-0.2, 0) is 19.6 Å². The van der Waals surface area contributed by atoms with Gasteiger partial charge in [0.2, 0.25) is 15.9 Å². The molecular formula is C19H30N4O4S. The van der Waals surface area contributed by atoms with Crippen LogP contribution in [0, 0.1) is 0 Å². The van der Waals surface area contributed by atoms with E-state index in [1.54, 1.807) is 28.6 Å². The number of piperazine rings is 1. The smallest absolute Gasteiger partial charge is 0.243 e. The van der Waals surface area contributed by atoms with Crippen molar-refractivity contribution in [3.05, 3.63) is 24.3 Å². The van der Waals surface area contributed by atoms with E-state index in [0.717, 1.165) is 58.9 Å². The molecule has 3 rings (SSSR count). The van der Waals surface area contributed by atoms with Crippen LogP contribution in [0.5, 0.6) is 0 Å². The van der Waals surface area contributed by atoms with Gasteiger partial charge in [0.05, 0.1) is 18.1 Å². The van der Waals surface area contributed by atoms with Gasteiger partial charge in [-0.2, -0.15) is 4.31 Å². The third kappa shape index (κ3) is 5.74. The summed E-state index contributed by atoms with van der Waals surface area (Å²) in [6.45, 7) is 9.67. The predicted octanol–water partition coefficient (Wildman–Crippen LogP) is 0.674. The molecule has 156 valence electrons. The second-order valence-electron chi connectivity index (χ2n) is 7.26. The van der Waals surface area contributed by atoms with Crippen molar-refractivity contribution in [1.82, 2.24) is 14.1 Å². The molecule has 1 amide bonds. The molecule has 1 aromatic carbocycles. The van der Waals surface area contributed by atoms with Crippen LogP contribution in [0.3, 0.4) is 0 Å². The normalized spacial score (nSPS) is 20.2. The zero-order valence-electron chi connectivity index (χ0n) is 16.5. The summed E-state index contributed by atoms with van der Waals surface area (Å²) in [5.41, 5.74) is 0.594. The van der Waals surface area contributed by atoms with Crippen LogP contribution in [0.2, 0.25) is 0 Å². The highest BCUT2D eigenvalue weighted by atomic mass is 32.2. The maximum atomic E-state index is 12.8. The second-order valence-corrected chi connectivity index (χ2v) is 9.20. The minimum atomic E-state index is -3.50. The standard InChI is InChI=1S/C19H30N4O4S/c1-17(24)20-18-3-5-19(6-4-18)28(25,26)23-11-9-21(10-12-23)7-2-8-22-13-15-27-16-14-22/h3-6H,2,7-16H2,1H3,(H,20,24). The lowest BCUT2D eigenvalue weighted by Gasteiger charge is -2.34. The Morgan fingerprint density at radius 3 is 2.11 bits per heavy atom. The van der Waals surface area contributed by atoms with Crippen LogP contribution < -0.4 is 5.32 Å². The fourth-order valence-electron chi connectivity index (χ4n) is 3.60. The van der Waals surface area contributed by atoms with E-state index < -0.39 is 10.0 Å². The van der Waals surface area contributed by atoms with Crippen molar-refractivity contribution in [2.45, 2.75) is 18.2 Å². The Hall–Kier alpha value is -1.52. The van der Waals surface area contributed by atoms with E-state index in [4.69, 9.17) is 4.74 Å². The van der Waals surface area contributed by atoms with Gasteiger partial charge in [0, 0.05) is 51.9 Å². The molecule has 0 aliphatic carbocycles. The third-order valence-electron chi connectivity index (χ3n) is 5.20. The zero-order chi connectivity index (χ0) is 20.0. The highest BCUT2D eigenvalue weighted by Crippen LogP contribution is 2.20. The largest absolute Gasteiger partial charge is 0.379 e. The van der Waals surface area contributed by atoms with Crippen molar-refractivity contribution in [2.75, 3.05) is 70.9 Å². The number of morpholine rings is 1. The molecule has 0 unspecified atom stereocenters. The minimum absolute atomic E-state index is 0.180. The van der Waals surface area contributed by atoms with E-state index in [1.165, 1.54) is 6.92 Å². The predicted molar refractivity (Wildman–Crippen MR) is 108 cm³/mol. The lowest BCUT2D eigenvalue weighted by molar-refractivity contribution is -0.114. The number of hydrogen-bond donors (Lipinski definition) is 1. The summed E-state index contributed by atoms with van der Waals surface area (Å²) in [5.74, 6) is -0.180. The molecule has 0 bridgehead atoms. The average Bonchev–Trinajstić information content (AvgIpc) is 2.69. The number of carbonyl (C=O) groups is 1. The Balaban J connectivity index is 1.45. The Morgan fingerprint density at radius 1 is 0.964 bits per heavy atom. The minimum Gasteiger partial charge on any atom is -0.379 e. The first-order valence-corrected chi connectivity index (χ1v) is 11.3. The Morgan fingerprint density at radius 2 is 1.54 bits per heavy atom. The van der Waals surface area contributed by atoms with Crippen LogP contribution in [-0.4, -0.2) is 94.0 Å². The number of anilines is 1. The number of amides is 1. The van der Waals surface area contributed by atoms with Gasteiger partial charge in [-0.3, -0.25) is 9.69 Å². The zero-order valence-corrected chi connectivity index (χ0v) is 17.3. The number of rotatable bonds is 7. The molecule has 0 spiro atoms. The molecular weight excluding hydrogens is 380 g/mol. The third-order valence-corrected chi connectivity index (χ3v) is 7.11. The maximum Gasteiger partial charge on any atom is 0.243 e. The molecule has 0 radical (unpaired) electrons. The molecule has 0 atom stereocenters. The molecule has 0 saturated carbocycles. The highest BCUT2D eigenvalue weighted by Gasteiger charge is 2.28. The molecule has 0 aromatic heterocycles. The lowest BCUT2D eigenvalue weighted by atomic mass is 10.3. The van der Waals surface area contributed by atoms with Gasteiger partial charge in [-0.25, -0.2) is 8.42 Å². The molecule has 2 aliphatic heterocycles. The number of benzene rings is 1. The van der Waals surface area contributed by atoms with Crippen LogP contribution in [0.15, 0.2) is 29.2 Å². The van der Waals surface area contributed by atoms with Gasteiger partial charge in [0.15, 0.2) is 0 Å². The van der Waals surface area contributed by atoms with E-state index in [2.05, 4.69) is 15.1 Å². The second kappa shape index (κ2) is 9.80. The maximum absolute atomic E-state index is 12.8. The summed E-state index contributed by atoms with van der Waals surface area (Å²) in [4.78, 5) is 16.1. The average molecular weight is 411 g/mol. The Labute approximate surface area is 167 Å². The van der Waals surface area contributed by atoms with E-state index in [0.29, 0.717) is 18.8 Å². The van der Waals surface area contributed by atoms with Crippen LogP contribution in [0.4, 0.5) is 5.69 Å². The Kier molecular flexibility index (Phi) is 7.42. The molecule has 1 N–H and O–H groups in total. The van der Waals surface area contributed by atoms with E-state index in [9.17, 15) is 13.2 Å². The number of carbonyl (C=O) groups excluding carboxylic acids is 1. The molecule has 2 heterocycles. The molecule has 1 aromatic rings. The topological polar surface area (TPSA) is 82.2 Å². The molecule has 2 aliphatic rings. The van der Waals surface area contributed by atoms with Gasteiger partial charge in [-0.1, -0.05) is 0 Å². The van der Waals surface area contributed by atoms with Crippen molar-refractivity contribution in [2.24, 2.45) is 0 Å². The fourth-order valence-corrected chi connectivity index (χ4v) is 5.02. The molecule has 2 fully saturated rings. The summed E-state index contributed by atoms with van der Waals surface area (Å²) in [5, 5.41) is 2.65. The van der Waals surface area contributed by atoms with Gasteiger partial charge in [-0.05, 0) is 43.8 Å². The number of ether oxygens (including phenoxy) is 1. The molecule has 28 heavy (non-hydrogen) atoms. The van der Waals surface area contributed by atoms with E-state index in [1.807, 2.05) is 0 Å². The van der Waals surface area contributed by atoms with Gasteiger partial charge < -0.3 is 15.0 Å². The summed E-state index contributed by atoms with van der Waals surface area (Å²) in [6.07, 6.45) is 1.09. The summed E-state index contributed by atoms with van der Waals surface area (Å²) < 4.78 is 32.6. The van der Waals surface area contributed by atoms with Gasteiger partial charge in [0.1, 0.15) is 0 Å². The fraction of sp³-hybridized carbons (Fsp3) is 0.632. The van der Waals surface area contributed by atoms with Crippen molar-refractivity contribution in [3.8, 4) is 0 Å². The first kappa shape index (κ1) is 21.2. The van der Waals surface area contributed by atoms with Gasteiger partial charge in [-0.15, -0.1) is 0 Å². The van der Waals surface area contributed by atoms with E-state index in [-0.39, 0.29) is 10.8 Å². The number of nitrogens with one attached hydrogen (secondary N) is 1. The first-order valence-electron chi connectivity index (χ1n) is 9.85. The quantitative estimate of drug-likeness (QED) is 0.712. The summed E-state index contributed by atoms with van der Waals surface area (Å²) >= 11 is 0. The lowest BCUT2D eigenvalue weighted by Crippen LogP contribution is -2.49. The number of sulfonamides is 1. The Bertz CT molecular complexity index is 740. The van der Waals surface area contributed by atoms with Gasteiger partial charge in [0.25, 0.3) is 0 Å². The van der Waals surface area contributed by atoms with Crippen molar-refractivity contribution < 1.29 is 17.9 Å². The number of nitrogens with zero attached hydrogens (tertiary/aromatic N) is 3. The van der Waals surface area contributed by atoms with Crippen molar-refractivity contribution in [3.63, 3.8) is 0 Å². The van der Waals surface area contributed by atoms with Crippen molar-refractivity contribution >= 4 is 21.6 Å². The molecule has 9 heteroatoms. The number of hydrogen-bond acceptors (Lipinski definition) is 6. The molecule has 8 nitrogen and oxygen atoms in total. The molecule has 2 saturated heterocycles. The van der Waals surface area contributed by atoms with E-state index >= 15 is 0 Å². The van der Waals surface area contributed by atoms with Crippen LogP contribution >= 0.6 is 0 Å². The summed E-state index contributed by atoms with van der Waals surface area (Å²) in [6, 6.07) is 6.34. The SMILES string of the molecule is CC(=O)Nc1ccc(S(=O)(=O)N2CCN(CCCN3CCOCC3)CC2)cc1. The van der Waals surface area contributed by atoms with Crippen LogP contribution in [0.1, 0.15) is 13.3 Å². The first-order chi connectivity index (χ1) is 13.4. The monoisotopic (exact) mass is 410 g/mol. The van der Waals surface area contributed by atoms with Gasteiger partial charge >= 0.3 is 0 Å².